The zero-order chi connectivity index (χ0) is 11.4. The highest BCUT2D eigenvalue weighted by atomic mass is 16.3. The molecule has 17 heavy (non-hydrogen) atoms. The van der Waals surface area contributed by atoms with Crippen LogP contribution in [-0.4, -0.2) is 5.11 Å². The van der Waals surface area contributed by atoms with Crippen molar-refractivity contribution >= 4 is 16.3 Å². The second-order valence-electron chi connectivity index (χ2n) is 4.73. The Balaban J connectivity index is 2.21. The van der Waals surface area contributed by atoms with Gasteiger partial charge in [-0.3, -0.25) is 0 Å². The Kier molecular flexibility index (Phi) is 1.60. The molecule has 2 aromatic rings. The number of aliphatic hydroxyl groups is 1. The lowest BCUT2D eigenvalue weighted by Gasteiger charge is -2.24. The van der Waals surface area contributed by atoms with E-state index >= 15 is 0 Å². The lowest BCUT2D eigenvalue weighted by atomic mass is 9.81. The lowest BCUT2D eigenvalue weighted by molar-refractivity contribution is 0.434. The van der Waals surface area contributed by atoms with E-state index in [1.165, 1.54) is 27.5 Å². The molecule has 2 aromatic carbocycles. The predicted molar refractivity (Wildman–Crippen MR) is 70.0 cm³/mol. The van der Waals surface area contributed by atoms with Crippen LogP contribution in [0.4, 0.5) is 0 Å². The van der Waals surface area contributed by atoms with Gasteiger partial charge in [-0.2, -0.15) is 0 Å². The van der Waals surface area contributed by atoms with Crippen LogP contribution in [0.25, 0.3) is 16.3 Å². The van der Waals surface area contributed by atoms with E-state index in [4.69, 9.17) is 0 Å². The second-order valence-corrected chi connectivity index (χ2v) is 4.73. The Morgan fingerprint density at radius 2 is 1.76 bits per heavy atom. The molecule has 1 N–H and O–H groups in total. The first-order valence-corrected chi connectivity index (χ1v) is 5.98. The third-order valence-electron chi connectivity index (χ3n) is 3.80. The molecule has 0 spiro atoms. The largest absolute Gasteiger partial charge is 0.508 e. The summed E-state index contributed by atoms with van der Waals surface area (Å²) >= 11 is 0. The second kappa shape index (κ2) is 3.01. The van der Waals surface area contributed by atoms with Crippen LogP contribution in [-0.2, 0) is 12.8 Å². The Morgan fingerprint density at radius 1 is 0.882 bits per heavy atom. The van der Waals surface area contributed by atoms with E-state index in [0.29, 0.717) is 5.76 Å². The van der Waals surface area contributed by atoms with Crippen LogP contribution in [0.2, 0.25) is 0 Å². The summed E-state index contributed by atoms with van der Waals surface area (Å²) in [7, 11) is 0. The van der Waals surface area contributed by atoms with Crippen LogP contribution in [0.3, 0.4) is 0 Å². The molecule has 0 bridgehead atoms. The van der Waals surface area contributed by atoms with Crippen LogP contribution < -0.4 is 0 Å². The minimum absolute atomic E-state index is 0.444. The molecule has 0 saturated carbocycles. The van der Waals surface area contributed by atoms with E-state index < -0.39 is 0 Å². The first kappa shape index (κ1) is 9.06. The normalized spacial score (nSPS) is 16.7. The first-order chi connectivity index (χ1) is 8.34. The van der Waals surface area contributed by atoms with E-state index in [9.17, 15) is 5.11 Å². The molecule has 0 radical (unpaired) electrons. The van der Waals surface area contributed by atoms with E-state index in [1.807, 2.05) is 6.08 Å². The fourth-order valence-corrected chi connectivity index (χ4v) is 3.01. The summed E-state index contributed by atoms with van der Waals surface area (Å²) < 4.78 is 0. The third kappa shape index (κ3) is 1.09. The molecule has 82 valence electrons. The van der Waals surface area contributed by atoms with E-state index in [1.54, 1.807) is 0 Å². The van der Waals surface area contributed by atoms with Crippen LogP contribution >= 0.6 is 0 Å². The topological polar surface area (TPSA) is 20.2 Å². The van der Waals surface area contributed by atoms with Crippen molar-refractivity contribution in [1.29, 1.82) is 0 Å². The third-order valence-corrected chi connectivity index (χ3v) is 3.80. The summed E-state index contributed by atoms with van der Waals surface area (Å²) in [5.41, 5.74) is 4.98. The molecule has 0 aromatic heterocycles. The number of aliphatic hydroxyl groups excluding tert-OH is 1. The molecular weight excluding hydrogens is 208 g/mol. The Bertz CT molecular complexity index is 705. The van der Waals surface area contributed by atoms with Crippen molar-refractivity contribution in [3.63, 3.8) is 0 Å². The maximum atomic E-state index is 10.00. The maximum absolute atomic E-state index is 10.00. The molecule has 0 atom stereocenters. The van der Waals surface area contributed by atoms with Crippen molar-refractivity contribution < 1.29 is 5.11 Å². The quantitative estimate of drug-likeness (QED) is 0.716. The number of benzene rings is 2. The van der Waals surface area contributed by atoms with Crippen molar-refractivity contribution in [1.82, 2.24) is 0 Å². The van der Waals surface area contributed by atoms with Gasteiger partial charge in [0.15, 0.2) is 0 Å². The molecule has 0 fully saturated rings. The summed E-state index contributed by atoms with van der Waals surface area (Å²) in [4.78, 5) is 0. The van der Waals surface area contributed by atoms with Crippen molar-refractivity contribution in [2.24, 2.45) is 0 Å². The molecular formula is C16H12O. The minimum Gasteiger partial charge on any atom is -0.508 e. The molecule has 2 aliphatic carbocycles. The highest BCUT2D eigenvalue weighted by Crippen LogP contribution is 2.40. The summed E-state index contributed by atoms with van der Waals surface area (Å²) in [5.74, 6) is 0.444. The molecule has 4 rings (SSSR count). The van der Waals surface area contributed by atoms with Crippen LogP contribution in [0.1, 0.15) is 16.7 Å². The van der Waals surface area contributed by atoms with Gasteiger partial charge in [-0.25, -0.2) is 0 Å². The van der Waals surface area contributed by atoms with E-state index in [0.717, 1.165) is 18.4 Å². The standard InChI is InChI=1S/C16H12O/c17-14-9-7-12-5-4-10-2-1-3-11-6-8-13(14)16(12)15(10)11/h1-5,8-9,17H,6-7H2. The molecule has 1 heteroatoms. The van der Waals surface area contributed by atoms with Gasteiger partial charge >= 0.3 is 0 Å². The highest BCUT2D eigenvalue weighted by molar-refractivity contribution is 6.02. The molecule has 0 heterocycles. The summed E-state index contributed by atoms with van der Waals surface area (Å²) in [6.45, 7) is 0. The molecule has 2 aliphatic rings. The van der Waals surface area contributed by atoms with Crippen molar-refractivity contribution in [2.75, 3.05) is 0 Å². The highest BCUT2D eigenvalue weighted by Gasteiger charge is 2.22. The number of hydrogen-bond acceptors (Lipinski definition) is 1. The van der Waals surface area contributed by atoms with Gasteiger partial charge in [-0.05, 0) is 46.4 Å². The molecule has 0 aliphatic heterocycles. The Morgan fingerprint density at radius 3 is 2.71 bits per heavy atom. The Hall–Kier alpha value is -2.02. The van der Waals surface area contributed by atoms with Gasteiger partial charge in [0.05, 0.1) is 0 Å². The van der Waals surface area contributed by atoms with Crippen LogP contribution in [0.15, 0.2) is 48.2 Å². The van der Waals surface area contributed by atoms with E-state index in [2.05, 4.69) is 36.4 Å². The van der Waals surface area contributed by atoms with Gasteiger partial charge in [-0.1, -0.05) is 36.4 Å². The SMILES string of the molecule is OC1=CCc2ccc3cccc4c3c2C1=CC4. The van der Waals surface area contributed by atoms with Crippen LogP contribution in [0.5, 0.6) is 0 Å². The number of rotatable bonds is 0. The van der Waals surface area contributed by atoms with Crippen molar-refractivity contribution in [3.05, 3.63) is 64.9 Å². The summed E-state index contributed by atoms with van der Waals surface area (Å²) in [6, 6.07) is 10.8. The maximum Gasteiger partial charge on any atom is 0.119 e. The zero-order valence-corrected chi connectivity index (χ0v) is 9.40. The van der Waals surface area contributed by atoms with Gasteiger partial charge in [-0.15, -0.1) is 0 Å². The van der Waals surface area contributed by atoms with Gasteiger partial charge < -0.3 is 5.11 Å². The average molecular weight is 220 g/mol. The van der Waals surface area contributed by atoms with Gasteiger partial charge in [0.2, 0.25) is 0 Å². The van der Waals surface area contributed by atoms with Gasteiger partial charge in [0.1, 0.15) is 5.76 Å². The average Bonchev–Trinajstić information content (AvgIpc) is 2.38. The molecule has 1 nitrogen and oxygen atoms in total. The first-order valence-electron chi connectivity index (χ1n) is 5.98. The summed E-state index contributed by atoms with van der Waals surface area (Å²) in [6.07, 6.45) is 5.81. The number of allylic oxidation sites excluding steroid dienone is 3. The fourth-order valence-electron chi connectivity index (χ4n) is 3.01. The van der Waals surface area contributed by atoms with Crippen molar-refractivity contribution in [3.8, 4) is 0 Å². The Labute approximate surface area is 99.7 Å². The number of hydrogen-bond donors (Lipinski definition) is 1. The summed E-state index contributed by atoms with van der Waals surface area (Å²) in [5, 5.41) is 12.6. The molecule has 0 saturated heterocycles. The van der Waals surface area contributed by atoms with E-state index in [-0.39, 0.29) is 0 Å². The molecule has 0 unspecified atom stereocenters. The minimum atomic E-state index is 0.444. The fraction of sp³-hybridized carbons (Fsp3) is 0.125. The zero-order valence-electron chi connectivity index (χ0n) is 9.40. The lowest BCUT2D eigenvalue weighted by Crippen LogP contribution is -2.07. The van der Waals surface area contributed by atoms with Crippen LogP contribution in [0, 0.1) is 0 Å². The molecule has 0 amide bonds. The smallest absolute Gasteiger partial charge is 0.119 e. The predicted octanol–water partition coefficient (Wildman–Crippen LogP) is 3.78. The van der Waals surface area contributed by atoms with Gasteiger partial charge in [0, 0.05) is 5.57 Å². The van der Waals surface area contributed by atoms with Crippen molar-refractivity contribution in [2.45, 2.75) is 12.8 Å². The van der Waals surface area contributed by atoms with Gasteiger partial charge in [0.25, 0.3) is 0 Å². The monoisotopic (exact) mass is 220 g/mol.